The van der Waals surface area contributed by atoms with Crippen molar-refractivity contribution in [3.63, 3.8) is 0 Å². The Morgan fingerprint density at radius 3 is 3.00 bits per heavy atom. The molecule has 2 rings (SSSR count). The van der Waals surface area contributed by atoms with Crippen LogP contribution in [0.25, 0.3) is 0 Å². The van der Waals surface area contributed by atoms with Crippen molar-refractivity contribution >= 4 is 28.2 Å². The van der Waals surface area contributed by atoms with E-state index in [2.05, 4.69) is 10.3 Å². The van der Waals surface area contributed by atoms with Crippen LogP contribution >= 0.6 is 11.3 Å². The van der Waals surface area contributed by atoms with E-state index in [1.54, 1.807) is 11.9 Å². The molecule has 16 heavy (non-hydrogen) atoms. The van der Waals surface area contributed by atoms with Gasteiger partial charge in [0.15, 0.2) is 5.13 Å². The number of anilines is 2. The molecule has 0 aliphatic carbocycles. The molecule has 0 saturated carbocycles. The van der Waals surface area contributed by atoms with Gasteiger partial charge in [0.05, 0.1) is 6.10 Å². The molecule has 0 radical (unpaired) electrons. The van der Waals surface area contributed by atoms with Crippen LogP contribution in [0.2, 0.25) is 0 Å². The van der Waals surface area contributed by atoms with Crippen molar-refractivity contribution in [2.75, 3.05) is 31.2 Å². The van der Waals surface area contributed by atoms with Gasteiger partial charge in [-0.3, -0.25) is 4.79 Å². The maximum atomic E-state index is 12.0. The van der Waals surface area contributed by atoms with E-state index in [-0.39, 0.29) is 11.7 Å². The number of carbonyl (C=O) groups excluding carboxylic acids is 1. The van der Waals surface area contributed by atoms with E-state index in [0.29, 0.717) is 29.5 Å². The van der Waals surface area contributed by atoms with Gasteiger partial charge < -0.3 is 21.1 Å². The minimum atomic E-state index is -0.415. The van der Waals surface area contributed by atoms with Gasteiger partial charge in [0.25, 0.3) is 5.91 Å². The third kappa shape index (κ3) is 1.96. The van der Waals surface area contributed by atoms with Crippen LogP contribution in [-0.2, 0) is 0 Å². The largest absolute Gasteiger partial charge is 0.391 e. The Morgan fingerprint density at radius 2 is 2.50 bits per heavy atom. The zero-order valence-electron chi connectivity index (χ0n) is 8.93. The summed E-state index contributed by atoms with van der Waals surface area (Å²) >= 11 is 1.24. The number of likely N-dealkylation sites (tertiary alicyclic amines) is 1. The van der Waals surface area contributed by atoms with E-state index in [1.807, 2.05) is 0 Å². The number of amides is 1. The zero-order valence-corrected chi connectivity index (χ0v) is 9.75. The van der Waals surface area contributed by atoms with Gasteiger partial charge >= 0.3 is 0 Å². The number of aliphatic hydroxyl groups is 1. The summed E-state index contributed by atoms with van der Waals surface area (Å²) in [5.74, 6) is 0.105. The summed E-state index contributed by atoms with van der Waals surface area (Å²) < 4.78 is 0. The Kier molecular flexibility index (Phi) is 2.97. The molecule has 0 bridgehead atoms. The molecule has 1 amide bonds. The normalized spacial score (nSPS) is 20.1. The summed E-state index contributed by atoms with van der Waals surface area (Å²) in [6, 6.07) is 0. The standard InChI is InChI=1S/C9H14N4O2S/c1-11-9-12-7(10)6(16-9)8(15)13-3-2-5(14)4-13/h5,14H,2-4,10H2,1H3,(H,11,12). The number of thiazole rings is 1. The van der Waals surface area contributed by atoms with E-state index in [0.717, 1.165) is 0 Å². The SMILES string of the molecule is CNc1nc(N)c(C(=O)N2CCC(O)C2)s1. The van der Waals surface area contributed by atoms with Crippen LogP contribution in [0.4, 0.5) is 10.9 Å². The fraction of sp³-hybridized carbons (Fsp3) is 0.556. The highest BCUT2D eigenvalue weighted by atomic mass is 32.1. The van der Waals surface area contributed by atoms with Crippen LogP contribution < -0.4 is 11.1 Å². The van der Waals surface area contributed by atoms with Crippen LogP contribution in [-0.4, -0.2) is 47.1 Å². The highest BCUT2D eigenvalue weighted by Gasteiger charge is 2.28. The second kappa shape index (κ2) is 4.26. The summed E-state index contributed by atoms with van der Waals surface area (Å²) in [5, 5.41) is 12.8. The minimum Gasteiger partial charge on any atom is -0.391 e. The number of aliphatic hydroxyl groups excluding tert-OH is 1. The predicted molar refractivity (Wildman–Crippen MR) is 62.6 cm³/mol. The molecule has 0 spiro atoms. The predicted octanol–water partition coefficient (Wildman–Crippen LogP) is -0.0262. The van der Waals surface area contributed by atoms with Crippen molar-refractivity contribution < 1.29 is 9.90 Å². The van der Waals surface area contributed by atoms with Gasteiger partial charge in [-0.2, -0.15) is 0 Å². The molecule has 1 atom stereocenters. The molecule has 7 heteroatoms. The molecule has 1 saturated heterocycles. The lowest BCUT2D eigenvalue weighted by Crippen LogP contribution is -2.29. The number of hydrogen-bond acceptors (Lipinski definition) is 6. The molecule has 1 aliphatic heterocycles. The maximum Gasteiger partial charge on any atom is 0.267 e. The summed E-state index contributed by atoms with van der Waals surface area (Å²) in [6.45, 7) is 0.956. The minimum absolute atomic E-state index is 0.145. The first-order valence-electron chi connectivity index (χ1n) is 5.03. The molecule has 4 N–H and O–H groups in total. The number of carbonyl (C=O) groups is 1. The van der Waals surface area contributed by atoms with Gasteiger partial charge in [0, 0.05) is 20.1 Å². The van der Waals surface area contributed by atoms with Crippen LogP contribution in [0.1, 0.15) is 16.1 Å². The van der Waals surface area contributed by atoms with Gasteiger partial charge in [-0.15, -0.1) is 0 Å². The van der Waals surface area contributed by atoms with Crippen molar-refractivity contribution in [2.24, 2.45) is 0 Å². The number of nitrogens with two attached hydrogens (primary N) is 1. The van der Waals surface area contributed by atoms with Gasteiger partial charge in [-0.1, -0.05) is 11.3 Å². The van der Waals surface area contributed by atoms with Gasteiger partial charge in [-0.05, 0) is 6.42 Å². The molecule has 1 aromatic rings. The lowest BCUT2D eigenvalue weighted by atomic mass is 10.3. The molecule has 1 aromatic heterocycles. The Hall–Kier alpha value is -1.34. The van der Waals surface area contributed by atoms with Gasteiger partial charge in [0.2, 0.25) is 0 Å². The quantitative estimate of drug-likeness (QED) is 0.677. The third-order valence-electron chi connectivity index (χ3n) is 2.51. The smallest absolute Gasteiger partial charge is 0.267 e. The first kappa shape index (κ1) is 11.2. The fourth-order valence-electron chi connectivity index (χ4n) is 1.66. The topological polar surface area (TPSA) is 91.5 Å². The number of nitrogens with zero attached hydrogens (tertiary/aromatic N) is 2. The Balaban J connectivity index is 2.17. The molecule has 1 unspecified atom stereocenters. The first-order chi connectivity index (χ1) is 7.61. The third-order valence-corrected chi connectivity index (χ3v) is 3.59. The fourth-order valence-corrected chi connectivity index (χ4v) is 2.47. The van der Waals surface area contributed by atoms with E-state index in [1.165, 1.54) is 11.3 Å². The number of hydrogen-bond donors (Lipinski definition) is 3. The first-order valence-corrected chi connectivity index (χ1v) is 5.85. The second-order valence-electron chi connectivity index (χ2n) is 3.68. The van der Waals surface area contributed by atoms with Gasteiger partial charge in [-0.25, -0.2) is 4.98 Å². The van der Waals surface area contributed by atoms with E-state index in [9.17, 15) is 9.90 Å². The monoisotopic (exact) mass is 242 g/mol. The summed E-state index contributed by atoms with van der Waals surface area (Å²) in [4.78, 5) is 18.1. The highest BCUT2D eigenvalue weighted by Crippen LogP contribution is 2.27. The molecule has 88 valence electrons. The Morgan fingerprint density at radius 1 is 1.75 bits per heavy atom. The lowest BCUT2D eigenvalue weighted by Gasteiger charge is -2.13. The highest BCUT2D eigenvalue weighted by molar-refractivity contribution is 7.18. The molecule has 1 aliphatic rings. The Bertz CT molecular complexity index is 406. The van der Waals surface area contributed by atoms with E-state index >= 15 is 0 Å². The van der Waals surface area contributed by atoms with Crippen LogP contribution in [0.3, 0.4) is 0 Å². The zero-order chi connectivity index (χ0) is 11.7. The van der Waals surface area contributed by atoms with Crippen LogP contribution in [0.15, 0.2) is 0 Å². The lowest BCUT2D eigenvalue weighted by molar-refractivity contribution is 0.0770. The van der Waals surface area contributed by atoms with Crippen molar-refractivity contribution in [1.82, 2.24) is 9.88 Å². The molecule has 6 nitrogen and oxygen atoms in total. The molecule has 2 heterocycles. The molecular weight excluding hydrogens is 228 g/mol. The van der Waals surface area contributed by atoms with Crippen molar-refractivity contribution in [3.05, 3.63) is 4.88 Å². The number of aromatic nitrogens is 1. The van der Waals surface area contributed by atoms with E-state index < -0.39 is 6.10 Å². The van der Waals surface area contributed by atoms with Crippen LogP contribution in [0, 0.1) is 0 Å². The van der Waals surface area contributed by atoms with Crippen molar-refractivity contribution in [2.45, 2.75) is 12.5 Å². The Labute approximate surface area is 97.1 Å². The number of β-amino-alcohol motifs (C(OH)–C–C–N with tert-alkyl or cyclic N) is 1. The summed E-state index contributed by atoms with van der Waals surface area (Å²) in [5.41, 5.74) is 5.67. The molecule has 0 aromatic carbocycles. The number of nitrogen functional groups attached to an aromatic ring is 1. The average molecular weight is 242 g/mol. The number of rotatable bonds is 2. The molecule has 1 fully saturated rings. The van der Waals surface area contributed by atoms with Crippen molar-refractivity contribution in [3.8, 4) is 0 Å². The van der Waals surface area contributed by atoms with Crippen LogP contribution in [0.5, 0.6) is 0 Å². The van der Waals surface area contributed by atoms with Crippen molar-refractivity contribution in [1.29, 1.82) is 0 Å². The number of nitrogens with one attached hydrogen (secondary N) is 1. The van der Waals surface area contributed by atoms with Gasteiger partial charge in [0.1, 0.15) is 10.7 Å². The maximum absolute atomic E-state index is 12.0. The van der Waals surface area contributed by atoms with E-state index in [4.69, 9.17) is 5.73 Å². The summed E-state index contributed by atoms with van der Waals surface area (Å²) in [7, 11) is 1.73. The molecular formula is C9H14N4O2S. The summed E-state index contributed by atoms with van der Waals surface area (Å²) in [6.07, 6.45) is 0.213. The average Bonchev–Trinajstić information content (AvgIpc) is 2.83. The second-order valence-corrected chi connectivity index (χ2v) is 4.68.